The summed E-state index contributed by atoms with van der Waals surface area (Å²) in [6.45, 7) is 1.95. The van der Waals surface area contributed by atoms with Gasteiger partial charge in [0.05, 0.1) is 24.7 Å². The summed E-state index contributed by atoms with van der Waals surface area (Å²) in [4.78, 5) is 10.5. The van der Waals surface area contributed by atoms with Crippen molar-refractivity contribution in [2.45, 2.75) is 6.42 Å². The van der Waals surface area contributed by atoms with Crippen LogP contribution in [0.3, 0.4) is 0 Å². The molecule has 0 unspecified atom stereocenters. The molecule has 144 valence electrons. The molecule has 1 aromatic heterocycles. The zero-order valence-corrected chi connectivity index (χ0v) is 15.3. The maximum absolute atomic E-state index is 12.9. The molecule has 0 aliphatic carbocycles. The third-order valence-corrected chi connectivity index (χ3v) is 4.59. The Bertz CT molecular complexity index is 801. The van der Waals surface area contributed by atoms with Crippen LogP contribution >= 0.6 is 0 Å². The van der Waals surface area contributed by atoms with Gasteiger partial charge in [0.15, 0.2) is 0 Å². The Hall–Kier alpha value is -2.74. The number of methoxy groups -OCH3 is 1. The van der Waals surface area contributed by atoms with E-state index < -0.39 is 0 Å². The Labute approximate surface area is 157 Å². The maximum atomic E-state index is 12.9. The lowest BCUT2D eigenvalue weighted by molar-refractivity contribution is 0.146. The van der Waals surface area contributed by atoms with E-state index in [1.54, 1.807) is 31.4 Å². The summed E-state index contributed by atoms with van der Waals surface area (Å²) in [5, 5.41) is 8.54. The molecule has 8 heteroatoms. The number of hydrogen-bond acceptors (Lipinski definition) is 7. The first-order valence-corrected chi connectivity index (χ1v) is 8.86. The number of rotatable bonds is 8. The molecule has 3 N–H and O–H groups in total. The summed E-state index contributed by atoms with van der Waals surface area (Å²) in [6.07, 6.45) is 2.23. The van der Waals surface area contributed by atoms with Gasteiger partial charge in [-0.25, -0.2) is 9.97 Å². The van der Waals surface area contributed by atoms with E-state index in [9.17, 15) is 4.39 Å². The molecule has 1 aromatic carbocycles. The molecule has 1 aliphatic rings. The lowest BCUT2D eigenvalue weighted by atomic mass is 10.0. The third-order valence-electron chi connectivity index (χ3n) is 4.59. The maximum Gasteiger partial charge on any atom is 0.132 e. The van der Waals surface area contributed by atoms with E-state index in [4.69, 9.17) is 20.6 Å². The van der Waals surface area contributed by atoms with E-state index in [-0.39, 0.29) is 18.3 Å². The molecular weight excluding hydrogens is 349 g/mol. The van der Waals surface area contributed by atoms with Crippen LogP contribution in [0.1, 0.15) is 17.7 Å². The van der Waals surface area contributed by atoms with Gasteiger partial charge in [-0.3, -0.25) is 9.80 Å². The van der Waals surface area contributed by atoms with Crippen LogP contribution in [0.15, 0.2) is 30.6 Å². The number of ether oxygens (including phenoxy) is 2. The number of alkyl halides is 1. The average molecular weight is 373 g/mol. The van der Waals surface area contributed by atoms with E-state index in [0.717, 1.165) is 13.0 Å². The Morgan fingerprint density at radius 2 is 2.19 bits per heavy atom. The Balaban J connectivity index is 1.79. The quantitative estimate of drug-likeness (QED) is 0.419. The Morgan fingerprint density at radius 3 is 2.93 bits per heavy atom. The van der Waals surface area contributed by atoms with E-state index in [1.807, 2.05) is 4.90 Å². The molecule has 1 saturated heterocycles. The van der Waals surface area contributed by atoms with Crippen molar-refractivity contribution >= 4 is 17.2 Å². The second-order valence-electron chi connectivity index (χ2n) is 6.48. The minimum absolute atomic E-state index is 0.0411. The highest BCUT2D eigenvalue weighted by molar-refractivity contribution is 6.13. The minimum atomic E-state index is -0.323. The van der Waals surface area contributed by atoms with Crippen molar-refractivity contribution in [1.29, 1.82) is 5.41 Å². The van der Waals surface area contributed by atoms with Crippen LogP contribution in [0, 0.1) is 11.3 Å². The SMILES string of the molecule is COCCOc1ccc(N)c(C(=N)c2cc(N3CC[C@@H](CF)C3)ncn2)c1. The van der Waals surface area contributed by atoms with Crippen molar-refractivity contribution in [2.75, 3.05) is 50.7 Å². The number of nitrogens with zero attached hydrogens (tertiary/aromatic N) is 3. The van der Waals surface area contributed by atoms with Gasteiger partial charge in [0.25, 0.3) is 0 Å². The molecule has 0 amide bonds. The van der Waals surface area contributed by atoms with E-state index >= 15 is 0 Å². The highest BCUT2D eigenvalue weighted by Crippen LogP contribution is 2.25. The standard InChI is InChI=1S/C19H24FN5O2/c1-26-6-7-27-14-2-3-16(21)15(8-14)19(22)17-9-18(24-12-23-17)25-5-4-13(10-20)11-25/h2-3,8-9,12-13,22H,4-7,10-11,21H2,1H3/t13-/m0/s1. The molecule has 0 radical (unpaired) electrons. The number of anilines is 2. The number of halogens is 1. The van der Waals surface area contributed by atoms with Crippen molar-refractivity contribution in [1.82, 2.24) is 9.97 Å². The number of nitrogen functional groups attached to an aromatic ring is 1. The highest BCUT2D eigenvalue weighted by Gasteiger charge is 2.24. The van der Waals surface area contributed by atoms with Crippen molar-refractivity contribution in [3.05, 3.63) is 41.9 Å². The molecule has 1 atom stereocenters. The minimum Gasteiger partial charge on any atom is -0.491 e. The summed E-state index contributed by atoms with van der Waals surface area (Å²) < 4.78 is 23.5. The molecule has 1 aliphatic heterocycles. The van der Waals surface area contributed by atoms with Crippen LogP contribution in [0.5, 0.6) is 5.75 Å². The molecule has 3 rings (SSSR count). The molecule has 27 heavy (non-hydrogen) atoms. The first kappa shape index (κ1) is 19.0. The predicted molar refractivity (Wildman–Crippen MR) is 102 cm³/mol. The van der Waals surface area contributed by atoms with E-state index in [1.165, 1.54) is 6.33 Å². The molecule has 0 bridgehead atoms. The van der Waals surface area contributed by atoms with Gasteiger partial charge in [-0.05, 0) is 24.6 Å². The van der Waals surface area contributed by atoms with Crippen LogP contribution in [0.25, 0.3) is 0 Å². The normalized spacial score (nSPS) is 16.5. The fourth-order valence-corrected chi connectivity index (χ4v) is 3.05. The van der Waals surface area contributed by atoms with E-state index in [2.05, 4.69) is 9.97 Å². The Kier molecular flexibility index (Phi) is 6.18. The second-order valence-corrected chi connectivity index (χ2v) is 6.48. The molecule has 1 fully saturated rings. The van der Waals surface area contributed by atoms with Gasteiger partial charge >= 0.3 is 0 Å². The first-order chi connectivity index (χ1) is 13.1. The van der Waals surface area contributed by atoms with Gasteiger partial charge in [-0.15, -0.1) is 0 Å². The number of hydrogen-bond donors (Lipinski definition) is 2. The smallest absolute Gasteiger partial charge is 0.132 e. The number of nitrogens with one attached hydrogen (secondary N) is 1. The van der Waals surface area contributed by atoms with Crippen molar-refractivity contribution in [2.24, 2.45) is 5.92 Å². The van der Waals surface area contributed by atoms with Crippen molar-refractivity contribution in [3.63, 3.8) is 0 Å². The summed E-state index contributed by atoms with van der Waals surface area (Å²) in [5.41, 5.74) is 7.72. The van der Waals surface area contributed by atoms with Gasteiger partial charge in [-0.2, -0.15) is 0 Å². The van der Waals surface area contributed by atoms with Crippen LogP contribution in [0.2, 0.25) is 0 Å². The molecular formula is C19H24FN5O2. The van der Waals surface area contributed by atoms with Gasteiger partial charge in [0.1, 0.15) is 24.5 Å². The van der Waals surface area contributed by atoms with Crippen LogP contribution in [-0.4, -0.2) is 55.8 Å². The van der Waals surface area contributed by atoms with Gasteiger partial charge in [0.2, 0.25) is 0 Å². The third kappa shape index (κ3) is 4.51. The molecule has 2 heterocycles. The molecule has 0 saturated carbocycles. The van der Waals surface area contributed by atoms with Gasteiger partial charge in [-0.1, -0.05) is 0 Å². The highest BCUT2D eigenvalue weighted by atomic mass is 19.1. The zero-order chi connectivity index (χ0) is 19.2. The second kappa shape index (κ2) is 8.77. The largest absolute Gasteiger partial charge is 0.491 e. The van der Waals surface area contributed by atoms with E-state index in [0.29, 0.717) is 48.3 Å². The lowest BCUT2D eigenvalue weighted by Crippen LogP contribution is -2.22. The van der Waals surface area contributed by atoms with Gasteiger partial charge < -0.3 is 20.1 Å². The summed E-state index contributed by atoms with van der Waals surface area (Å²) in [6, 6.07) is 6.94. The summed E-state index contributed by atoms with van der Waals surface area (Å²) in [7, 11) is 1.61. The number of aromatic nitrogens is 2. The molecule has 7 nitrogen and oxygen atoms in total. The molecule has 0 spiro atoms. The lowest BCUT2D eigenvalue weighted by Gasteiger charge is -2.17. The summed E-state index contributed by atoms with van der Waals surface area (Å²) >= 11 is 0. The summed E-state index contributed by atoms with van der Waals surface area (Å²) in [5.74, 6) is 1.35. The first-order valence-electron chi connectivity index (χ1n) is 8.86. The Morgan fingerprint density at radius 1 is 1.33 bits per heavy atom. The predicted octanol–water partition coefficient (Wildman–Crippen LogP) is 2.30. The van der Waals surface area contributed by atoms with Crippen molar-refractivity contribution in [3.8, 4) is 5.75 Å². The van der Waals surface area contributed by atoms with Crippen LogP contribution < -0.4 is 15.4 Å². The fourth-order valence-electron chi connectivity index (χ4n) is 3.05. The fraction of sp³-hybridized carbons (Fsp3) is 0.421. The number of nitrogens with two attached hydrogens (primary N) is 1. The average Bonchev–Trinajstić information content (AvgIpc) is 3.18. The monoisotopic (exact) mass is 373 g/mol. The van der Waals surface area contributed by atoms with Crippen molar-refractivity contribution < 1.29 is 13.9 Å². The number of benzene rings is 1. The van der Waals surface area contributed by atoms with Gasteiger partial charge in [0, 0.05) is 43.4 Å². The van der Waals surface area contributed by atoms with Crippen LogP contribution in [-0.2, 0) is 4.74 Å². The zero-order valence-electron chi connectivity index (χ0n) is 15.3. The molecule has 2 aromatic rings. The van der Waals surface area contributed by atoms with Crippen LogP contribution in [0.4, 0.5) is 15.9 Å². The topological polar surface area (TPSA) is 97.4 Å².